The molecule has 2 N–H and O–H groups in total. The number of esters is 1. The van der Waals surface area contributed by atoms with Crippen molar-refractivity contribution in [3.63, 3.8) is 0 Å². The van der Waals surface area contributed by atoms with Gasteiger partial charge < -0.3 is 9.47 Å². The van der Waals surface area contributed by atoms with E-state index in [4.69, 9.17) is 9.47 Å². The van der Waals surface area contributed by atoms with Crippen molar-refractivity contribution in [2.75, 3.05) is 13.2 Å². The fraction of sp³-hybridized carbons (Fsp3) is 0.200. The Balaban J connectivity index is 2.28. The largest absolute Gasteiger partial charge is 0.481 e. The molecule has 24 heavy (non-hydrogen) atoms. The lowest BCUT2D eigenvalue weighted by molar-refractivity contribution is -0.145. The first kappa shape index (κ1) is 17.7. The molecular weight excluding hydrogens is 384 g/mol. The summed E-state index contributed by atoms with van der Waals surface area (Å²) in [6, 6.07) is 3.96. The van der Waals surface area contributed by atoms with Gasteiger partial charge in [0.2, 0.25) is 0 Å². The zero-order valence-corrected chi connectivity index (χ0v) is 14.1. The molecule has 0 aliphatic carbocycles. The van der Waals surface area contributed by atoms with Crippen LogP contribution in [0.4, 0.5) is 4.79 Å². The lowest BCUT2D eigenvalue weighted by atomic mass is 10.1. The van der Waals surface area contributed by atoms with Crippen molar-refractivity contribution in [1.82, 2.24) is 10.6 Å². The minimum absolute atomic E-state index is 0.230. The normalized spacial score (nSPS) is 13.9. The molecule has 1 fully saturated rings. The Morgan fingerprint density at radius 1 is 1.21 bits per heavy atom. The van der Waals surface area contributed by atoms with Crippen LogP contribution in [0.25, 0.3) is 6.08 Å². The summed E-state index contributed by atoms with van der Waals surface area (Å²) in [7, 11) is 0. The van der Waals surface area contributed by atoms with Crippen molar-refractivity contribution in [1.29, 1.82) is 0 Å². The Morgan fingerprint density at radius 2 is 1.88 bits per heavy atom. The highest BCUT2D eigenvalue weighted by atomic mass is 79.9. The molecule has 2 rings (SSSR count). The molecular formula is C15H13BrN2O6. The van der Waals surface area contributed by atoms with E-state index in [1.54, 1.807) is 25.1 Å². The first-order valence-corrected chi connectivity index (χ1v) is 7.66. The number of ether oxygens (including phenoxy) is 2. The summed E-state index contributed by atoms with van der Waals surface area (Å²) in [5.74, 6) is -1.91. The Bertz CT molecular complexity index is 721. The van der Waals surface area contributed by atoms with Gasteiger partial charge in [0.25, 0.3) is 11.8 Å². The molecule has 0 spiro atoms. The molecule has 1 aliphatic rings. The van der Waals surface area contributed by atoms with Crippen LogP contribution in [0.1, 0.15) is 12.5 Å². The number of barbiturate groups is 1. The second kappa shape index (κ2) is 7.73. The predicted molar refractivity (Wildman–Crippen MR) is 85.9 cm³/mol. The number of hydrogen-bond acceptors (Lipinski definition) is 6. The highest BCUT2D eigenvalue weighted by molar-refractivity contribution is 9.10. The molecule has 0 aromatic heterocycles. The van der Waals surface area contributed by atoms with E-state index in [-0.39, 0.29) is 24.5 Å². The van der Waals surface area contributed by atoms with Gasteiger partial charge in [-0.3, -0.25) is 20.2 Å². The van der Waals surface area contributed by atoms with E-state index in [2.05, 4.69) is 15.9 Å². The fourth-order valence-corrected chi connectivity index (χ4v) is 2.24. The van der Waals surface area contributed by atoms with Crippen LogP contribution >= 0.6 is 15.9 Å². The molecule has 9 heteroatoms. The molecule has 0 radical (unpaired) electrons. The average Bonchev–Trinajstić information content (AvgIpc) is 2.50. The van der Waals surface area contributed by atoms with Crippen LogP contribution in [0.2, 0.25) is 0 Å². The third-order valence-corrected chi connectivity index (χ3v) is 3.36. The highest BCUT2D eigenvalue weighted by Crippen LogP contribution is 2.26. The summed E-state index contributed by atoms with van der Waals surface area (Å²) < 4.78 is 10.8. The minimum Gasteiger partial charge on any atom is -0.481 e. The fourth-order valence-electron chi connectivity index (χ4n) is 1.86. The third-order valence-electron chi connectivity index (χ3n) is 2.87. The van der Waals surface area contributed by atoms with E-state index in [0.717, 1.165) is 0 Å². The number of rotatable bonds is 5. The standard InChI is InChI=1S/C15H13BrN2O6/c1-2-23-12(19)7-24-11-4-3-9(16)5-8(11)6-10-13(20)17-15(22)18-14(10)21/h3-6H,2,7H2,1H3,(H2,17,18,20,21,22). The number of imide groups is 2. The SMILES string of the molecule is CCOC(=O)COc1ccc(Br)cc1C=C1C(=O)NC(=O)NC1=O. The van der Waals surface area contributed by atoms with Crippen LogP contribution in [-0.2, 0) is 19.1 Å². The molecule has 8 nitrogen and oxygen atoms in total. The third kappa shape index (κ3) is 4.42. The molecule has 0 saturated carbocycles. The average molecular weight is 397 g/mol. The molecule has 1 aromatic rings. The summed E-state index contributed by atoms with van der Waals surface area (Å²) in [5.41, 5.74) is 0.122. The number of benzene rings is 1. The number of hydrogen-bond donors (Lipinski definition) is 2. The summed E-state index contributed by atoms with van der Waals surface area (Å²) >= 11 is 3.27. The molecule has 126 valence electrons. The zero-order chi connectivity index (χ0) is 17.7. The topological polar surface area (TPSA) is 111 Å². The molecule has 1 aliphatic heterocycles. The number of amides is 4. The van der Waals surface area contributed by atoms with Crippen LogP contribution < -0.4 is 15.4 Å². The molecule has 1 aromatic carbocycles. The van der Waals surface area contributed by atoms with Gasteiger partial charge >= 0.3 is 12.0 Å². The molecule has 4 amide bonds. The molecule has 1 heterocycles. The minimum atomic E-state index is -0.879. The second-order valence-corrected chi connectivity index (χ2v) is 5.49. The van der Waals surface area contributed by atoms with Gasteiger partial charge in [0.15, 0.2) is 6.61 Å². The zero-order valence-electron chi connectivity index (χ0n) is 12.6. The smallest absolute Gasteiger partial charge is 0.344 e. The Labute approximate surface area is 145 Å². The van der Waals surface area contributed by atoms with Crippen molar-refractivity contribution in [2.24, 2.45) is 0 Å². The van der Waals surface area contributed by atoms with Crippen LogP contribution in [0.3, 0.4) is 0 Å². The second-order valence-electron chi connectivity index (χ2n) is 4.57. The lowest BCUT2D eigenvalue weighted by Gasteiger charge is -2.15. The molecule has 0 bridgehead atoms. The van der Waals surface area contributed by atoms with Gasteiger partial charge in [0.05, 0.1) is 6.61 Å². The predicted octanol–water partition coefficient (Wildman–Crippen LogP) is 1.14. The number of urea groups is 1. The van der Waals surface area contributed by atoms with E-state index >= 15 is 0 Å². The van der Waals surface area contributed by atoms with E-state index in [1.807, 2.05) is 10.6 Å². The first-order chi connectivity index (χ1) is 11.4. The van der Waals surface area contributed by atoms with E-state index < -0.39 is 23.8 Å². The summed E-state index contributed by atoms with van der Waals surface area (Å²) in [4.78, 5) is 46.0. The van der Waals surface area contributed by atoms with Crippen molar-refractivity contribution in [3.05, 3.63) is 33.8 Å². The maximum absolute atomic E-state index is 11.8. The Kier molecular flexibility index (Phi) is 5.69. The summed E-state index contributed by atoms with van der Waals surface area (Å²) in [6.07, 6.45) is 1.27. The highest BCUT2D eigenvalue weighted by Gasteiger charge is 2.28. The maximum atomic E-state index is 11.8. The van der Waals surface area contributed by atoms with Gasteiger partial charge in [0, 0.05) is 10.0 Å². The van der Waals surface area contributed by atoms with Crippen molar-refractivity contribution < 1.29 is 28.7 Å². The number of carbonyl (C=O) groups is 4. The molecule has 0 atom stereocenters. The monoisotopic (exact) mass is 396 g/mol. The Morgan fingerprint density at radius 3 is 2.50 bits per heavy atom. The maximum Gasteiger partial charge on any atom is 0.344 e. The van der Waals surface area contributed by atoms with Crippen LogP contribution in [0, 0.1) is 0 Å². The van der Waals surface area contributed by atoms with Gasteiger partial charge in [-0.25, -0.2) is 9.59 Å². The van der Waals surface area contributed by atoms with E-state index in [9.17, 15) is 19.2 Å². The van der Waals surface area contributed by atoms with Crippen molar-refractivity contribution in [2.45, 2.75) is 6.92 Å². The Hall–Kier alpha value is -2.68. The van der Waals surface area contributed by atoms with Crippen molar-refractivity contribution >= 4 is 45.8 Å². The quantitative estimate of drug-likeness (QED) is 0.438. The summed E-state index contributed by atoms with van der Waals surface area (Å²) in [5, 5.41) is 3.95. The van der Waals surface area contributed by atoms with Gasteiger partial charge in [-0.15, -0.1) is 0 Å². The molecule has 0 unspecified atom stereocenters. The number of carbonyl (C=O) groups excluding carboxylic acids is 4. The van der Waals surface area contributed by atoms with Crippen molar-refractivity contribution in [3.8, 4) is 5.75 Å². The lowest BCUT2D eigenvalue weighted by Crippen LogP contribution is -2.51. The van der Waals surface area contributed by atoms with Gasteiger partial charge in [-0.05, 0) is 31.2 Å². The van der Waals surface area contributed by atoms with E-state index in [1.165, 1.54) is 6.08 Å². The number of halogens is 1. The van der Waals surface area contributed by atoms with E-state index in [0.29, 0.717) is 10.0 Å². The van der Waals surface area contributed by atoms with Gasteiger partial charge in [-0.1, -0.05) is 15.9 Å². The number of nitrogens with one attached hydrogen (secondary N) is 2. The van der Waals surface area contributed by atoms with Crippen LogP contribution in [-0.4, -0.2) is 37.0 Å². The summed E-state index contributed by atoms with van der Waals surface area (Å²) in [6.45, 7) is 1.59. The molecule has 1 saturated heterocycles. The van der Waals surface area contributed by atoms with Gasteiger partial charge in [-0.2, -0.15) is 0 Å². The first-order valence-electron chi connectivity index (χ1n) is 6.87. The van der Waals surface area contributed by atoms with Gasteiger partial charge in [0.1, 0.15) is 11.3 Å². The van der Waals surface area contributed by atoms with Crippen LogP contribution in [0.5, 0.6) is 5.75 Å². The van der Waals surface area contributed by atoms with Crippen LogP contribution in [0.15, 0.2) is 28.2 Å².